The Kier molecular flexibility index (Phi) is 7.10. The number of nitrogens with zero attached hydrogens (tertiary/aromatic N) is 2. The van der Waals surface area contributed by atoms with Gasteiger partial charge in [-0.25, -0.2) is 22.2 Å². The first kappa shape index (κ1) is 24.7. The lowest BCUT2D eigenvalue weighted by molar-refractivity contribution is 0.0697. The van der Waals surface area contributed by atoms with Gasteiger partial charge in [-0.05, 0) is 46.9 Å². The fourth-order valence-electron chi connectivity index (χ4n) is 3.88. The highest BCUT2D eigenvalue weighted by molar-refractivity contribution is 7.90. The van der Waals surface area contributed by atoms with Crippen LogP contribution in [0, 0.1) is 0 Å². The second-order valence-electron chi connectivity index (χ2n) is 8.65. The molecule has 0 aliphatic carbocycles. The summed E-state index contributed by atoms with van der Waals surface area (Å²) in [5.41, 5.74) is 3.92. The van der Waals surface area contributed by atoms with Crippen molar-refractivity contribution in [2.24, 2.45) is 0 Å². The van der Waals surface area contributed by atoms with E-state index in [1.165, 1.54) is 27.9 Å². The van der Waals surface area contributed by atoms with Gasteiger partial charge in [0, 0.05) is 23.7 Å². The standard InChI is InChI=1S/C27H25ClN2O4S/c1-18(2)21-9-5-19(6-10-21)4-3-13-35(33,34)30-25(16-23-15-24(28)17-29-26(23)30)14-20-7-11-22(12-8-20)27(31)32/h3-12,15-18H,13-14H2,1-2H3,(H,31,32). The Hall–Kier alpha value is -3.42. The molecule has 1 N–H and O–H groups in total. The van der Waals surface area contributed by atoms with Crippen LogP contribution in [0.2, 0.25) is 5.02 Å². The third kappa shape index (κ3) is 5.63. The van der Waals surface area contributed by atoms with Crippen LogP contribution in [-0.4, -0.2) is 34.2 Å². The van der Waals surface area contributed by atoms with Crippen molar-refractivity contribution >= 4 is 44.7 Å². The fraction of sp³-hybridized carbons (Fsp3) is 0.185. The summed E-state index contributed by atoms with van der Waals surface area (Å²) in [6, 6.07) is 17.8. The average Bonchev–Trinajstić information content (AvgIpc) is 3.17. The summed E-state index contributed by atoms with van der Waals surface area (Å²) in [6.07, 6.45) is 5.13. The Labute approximate surface area is 209 Å². The Morgan fingerprint density at radius 3 is 2.40 bits per heavy atom. The van der Waals surface area contributed by atoms with Crippen molar-refractivity contribution in [3.05, 3.63) is 106 Å². The van der Waals surface area contributed by atoms with Crippen molar-refractivity contribution in [1.29, 1.82) is 0 Å². The largest absolute Gasteiger partial charge is 0.478 e. The van der Waals surface area contributed by atoms with Gasteiger partial charge in [0.2, 0.25) is 10.0 Å². The SMILES string of the molecule is CC(C)c1ccc(C=CCS(=O)(=O)n2c(Cc3ccc(C(=O)O)cc3)cc3cc(Cl)cnc32)cc1. The molecule has 35 heavy (non-hydrogen) atoms. The smallest absolute Gasteiger partial charge is 0.335 e. The minimum Gasteiger partial charge on any atom is -0.478 e. The normalized spacial score (nSPS) is 12.1. The van der Waals surface area contributed by atoms with Gasteiger partial charge >= 0.3 is 5.97 Å². The number of fused-ring (bicyclic) bond motifs is 1. The lowest BCUT2D eigenvalue weighted by Crippen LogP contribution is -2.18. The number of carboxylic acids is 1. The number of carboxylic acid groups (broad SMARTS) is 1. The minimum atomic E-state index is -3.79. The third-order valence-electron chi connectivity index (χ3n) is 5.72. The lowest BCUT2D eigenvalue weighted by atomic mass is 10.0. The molecule has 2 heterocycles. The summed E-state index contributed by atoms with van der Waals surface area (Å²) in [5, 5.41) is 10.2. The number of halogens is 1. The molecular weight excluding hydrogens is 484 g/mol. The van der Waals surface area contributed by atoms with Gasteiger partial charge in [-0.2, -0.15) is 0 Å². The average molecular weight is 509 g/mol. The first-order valence-electron chi connectivity index (χ1n) is 11.1. The Bertz CT molecular complexity index is 1500. The molecule has 0 saturated carbocycles. The van der Waals surface area contributed by atoms with Gasteiger partial charge in [0.05, 0.1) is 16.3 Å². The van der Waals surface area contributed by atoms with E-state index in [9.17, 15) is 13.2 Å². The molecule has 0 aliphatic rings. The van der Waals surface area contributed by atoms with E-state index < -0.39 is 16.0 Å². The molecule has 0 unspecified atom stereocenters. The van der Waals surface area contributed by atoms with E-state index in [0.29, 0.717) is 27.7 Å². The maximum atomic E-state index is 13.4. The maximum Gasteiger partial charge on any atom is 0.335 e. The van der Waals surface area contributed by atoms with Crippen molar-refractivity contribution in [3.8, 4) is 0 Å². The summed E-state index contributed by atoms with van der Waals surface area (Å²) in [4.78, 5) is 15.4. The number of hydrogen-bond acceptors (Lipinski definition) is 4. The van der Waals surface area contributed by atoms with Crippen LogP contribution in [0.15, 0.2) is 72.9 Å². The molecule has 0 spiro atoms. The van der Waals surface area contributed by atoms with E-state index >= 15 is 0 Å². The molecule has 0 bridgehead atoms. The highest BCUT2D eigenvalue weighted by Gasteiger charge is 2.21. The van der Waals surface area contributed by atoms with Crippen molar-refractivity contribution < 1.29 is 18.3 Å². The zero-order chi connectivity index (χ0) is 25.2. The summed E-state index contributed by atoms with van der Waals surface area (Å²) < 4.78 is 28.1. The van der Waals surface area contributed by atoms with Crippen LogP contribution >= 0.6 is 11.6 Å². The highest BCUT2D eigenvalue weighted by Crippen LogP contribution is 2.26. The van der Waals surface area contributed by atoms with Crippen LogP contribution in [0.4, 0.5) is 0 Å². The lowest BCUT2D eigenvalue weighted by Gasteiger charge is -2.10. The topological polar surface area (TPSA) is 89.3 Å². The van der Waals surface area contributed by atoms with Gasteiger partial charge in [0.25, 0.3) is 0 Å². The second-order valence-corrected chi connectivity index (χ2v) is 10.9. The predicted octanol–water partition coefficient (Wildman–Crippen LogP) is 5.99. The number of hydrogen-bond donors (Lipinski definition) is 1. The Morgan fingerprint density at radius 1 is 1.09 bits per heavy atom. The monoisotopic (exact) mass is 508 g/mol. The van der Waals surface area contributed by atoms with E-state index in [1.54, 1.807) is 36.4 Å². The summed E-state index contributed by atoms with van der Waals surface area (Å²) in [5.74, 6) is -0.800. The van der Waals surface area contributed by atoms with E-state index in [1.807, 2.05) is 24.3 Å². The zero-order valence-corrected chi connectivity index (χ0v) is 20.9. The van der Waals surface area contributed by atoms with Gasteiger partial charge in [-0.3, -0.25) is 0 Å². The number of carbonyl (C=O) groups is 1. The molecule has 0 aliphatic heterocycles. The maximum absolute atomic E-state index is 13.4. The van der Waals surface area contributed by atoms with Gasteiger partial charge in [0.15, 0.2) is 5.65 Å². The molecule has 4 rings (SSSR count). The first-order chi connectivity index (χ1) is 16.6. The molecule has 2 aromatic carbocycles. The summed E-state index contributed by atoms with van der Waals surface area (Å²) in [7, 11) is -3.79. The Morgan fingerprint density at radius 2 is 1.77 bits per heavy atom. The molecule has 0 atom stereocenters. The molecular formula is C27H25ClN2O4S. The van der Waals surface area contributed by atoms with Crippen LogP contribution < -0.4 is 0 Å². The molecule has 8 heteroatoms. The molecule has 0 saturated heterocycles. The Balaban J connectivity index is 1.66. The number of benzene rings is 2. The van der Waals surface area contributed by atoms with Crippen molar-refractivity contribution in [2.75, 3.05) is 5.75 Å². The third-order valence-corrected chi connectivity index (χ3v) is 7.51. The molecule has 6 nitrogen and oxygen atoms in total. The fourth-order valence-corrected chi connectivity index (χ4v) is 5.42. The van der Waals surface area contributed by atoms with E-state index in [0.717, 1.165) is 11.1 Å². The van der Waals surface area contributed by atoms with E-state index in [-0.39, 0.29) is 17.7 Å². The first-order valence-corrected chi connectivity index (χ1v) is 13.1. The number of aromatic carboxylic acids is 1. The number of rotatable bonds is 8. The summed E-state index contributed by atoms with van der Waals surface area (Å²) >= 11 is 6.10. The van der Waals surface area contributed by atoms with Crippen LogP contribution in [0.3, 0.4) is 0 Å². The predicted molar refractivity (Wildman–Crippen MR) is 140 cm³/mol. The zero-order valence-electron chi connectivity index (χ0n) is 19.3. The highest BCUT2D eigenvalue weighted by atomic mass is 35.5. The molecule has 180 valence electrons. The van der Waals surface area contributed by atoms with Crippen molar-refractivity contribution in [3.63, 3.8) is 0 Å². The van der Waals surface area contributed by atoms with Crippen molar-refractivity contribution in [1.82, 2.24) is 8.96 Å². The van der Waals surface area contributed by atoms with Gasteiger partial charge in [0.1, 0.15) is 0 Å². The van der Waals surface area contributed by atoms with E-state index in [4.69, 9.17) is 16.7 Å². The molecule has 2 aromatic heterocycles. The quantitative estimate of drug-likeness (QED) is 0.315. The second kappa shape index (κ2) is 10.1. The van der Waals surface area contributed by atoms with Crippen LogP contribution in [0.1, 0.15) is 52.5 Å². The van der Waals surface area contributed by atoms with Gasteiger partial charge < -0.3 is 5.11 Å². The summed E-state index contributed by atoms with van der Waals surface area (Å²) in [6.45, 7) is 4.25. The molecule has 0 fully saturated rings. The molecule has 4 aromatic rings. The van der Waals surface area contributed by atoms with Crippen LogP contribution in [0.5, 0.6) is 0 Å². The van der Waals surface area contributed by atoms with E-state index in [2.05, 4.69) is 18.8 Å². The number of aromatic nitrogens is 2. The van der Waals surface area contributed by atoms with Gasteiger partial charge in [-0.1, -0.05) is 74.0 Å². The number of pyridine rings is 1. The van der Waals surface area contributed by atoms with Crippen molar-refractivity contribution in [2.45, 2.75) is 26.2 Å². The molecule has 0 radical (unpaired) electrons. The van der Waals surface area contributed by atoms with Crippen LogP contribution in [0.25, 0.3) is 17.1 Å². The van der Waals surface area contributed by atoms with Gasteiger partial charge in [-0.15, -0.1) is 0 Å². The molecule has 0 amide bonds. The van der Waals surface area contributed by atoms with Crippen LogP contribution in [-0.2, 0) is 16.4 Å². The minimum absolute atomic E-state index is 0.168.